The van der Waals surface area contributed by atoms with Crippen molar-refractivity contribution in [2.24, 2.45) is 0 Å². The third-order valence-electron chi connectivity index (χ3n) is 4.40. The SMILES string of the molecule is CCOC(=O)c1ccc(NC(=O)[C@@H](CC)N(c2ccc(OCC)cc2)S(C)(=O)=O)cc1. The van der Waals surface area contributed by atoms with Gasteiger partial charge in [0.15, 0.2) is 0 Å². The van der Waals surface area contributed by atoms with E-state index >= 15 is 0 Å². The van der Waals surface area contributed by atoms with E-state index in [9.17, 15) is 18.0 Å². The summed E-state index contributed by atoms with van der Waals surface area (Å²) in [4.78, 5) is 24.7. The average molecular weight is 449 g/mol. The van der Waals surface area contributed by atoms with Crippen LogP contribution in [0.4, 0.5) is 11.4 Å². The third kappa shape index (κ3) is 6.45. The predicted octanol–water partition coefficient (Wildman–Crippen LogP) is 3.45. The fourth-order valence-electron chi connectivity index (χ4n) is 3.05. The first-order chi connectivity index (χ1) is 14.7. The molecule has 0 saturated carbocycles. The fraction of sp³-hybridized carbons (Fsp3) is 0.364. The van der Waals surface area contributed by atoms with Gasteiger partial charge in [0.2, 0.25) is 15.9 Å². The summed E-state index contributed by atoms with van der Waals surface area (Å²) in [5.41, 5.74) is 1.17. The first-order valence-corrected chi connectivity index (χ1v) is 11.9. The number of esters is 1. The van der Waals surface area contributed by atoms with Crippen molar-refractivity contribution in [3.8, 4) is 5.75 Å². The van der Waals surface area contributed by atoms with Crippen LogP contribution in [-0.2, 0) is 19.6 Å². The second-order valence-corrected chi connectivity index (χ2v) is 8.56. The van der Waals surface area contributed by atoms with Crippen LogP contribution in [0.15, 0.2) is 48.5 Å². The van der Waals surface area contributed by atoms with Crippen LogP contribution in [0.3, 0.4) is 0 Å². The molecule has 0 fully saturated rings. The summed E-state index contributed by atoms with van der Waals surface area (Å²) in [5, 5.41) is 2.72. The van der Waals surface area contributed by atoms with Crippen LogP contribution < -0.4 is 14.4 Å². The third-order valence-corrected chi connectivity index (χ3v) is 5.58. The lowest BCUT2D eigenvalue weighted by Crippen LogP contribution is -2.47. The zero-order valence-electron chi connectivity index (χ0n) is 18.1. The Bertz CT molecular complexity index is 988. The van der Waals surface area contributed by atoms with Gasteiger partial charge in [-0.25, -0.2) is 13.2 Å². The van der Waals surface area contributed by atoms with Crippen molar-refractivity contribution in [1.29, 1.82) is 0 Å². The summed E-state index contributed by atoms with van der Waals surface area (Å²) in [5.74, 6) is -0.324. The number of nitrogens with one attached hydrogen (secondary N) is 1. The van der Waals surface area contributed by atoms with E-state index in [2.05, 4.69) is 5.32 Å². The minimum Gasteiger partial charge on any atom is -0.494 e. The zero-order valence-corrected chi connectivity index (χ0v) is 18.9. The smallest absolute Gasteiger partial charge is 0.338 e. The molecule has 31 heavy (non-hydrogen) atoms. The molecule has 1 atom stereocenters. The molecule has 0 saturated heterocycles. The minimum atomic E-state index is -3.75. The largest absolute Gasteiger partial charge is 0.494 e. The monoisotopic (exact) mass is 448 g/mol. The van der Waals surface area contributed by atoms with Crippen LogP contribution in [0.2, 0.25) is 0 Å². The molecule has 9 heteroatoms. The van der Waals surface area contributed by atoms with Gasteiger partial charge in [-0.05, 0) is 68.8 Å². The lowest BCUT2D eigenvalue weighted by atomic mass is 10.1. The molecule has 0 radical (unpaired) electrons. The first kappa shape index (κ1) is 24.2. The van der Waals surface area contributed by atoms with Crippen molar-refractivity contribution in [3.63, 3.8) is 0 Å². The number of sulfonamides is 1. The van der Waals surface area contributed by atoms with Crippen molar-refractivity contribution in [3.05, 3.63) is 54.1 Å². The molecular weight excluding hydrogens is 420 g/mol. The molecule has 0 aliphatic carbocycles. The van der Waals surface area contributed by atoms with E-state index in [4.69, 9.17) is 9.47 Å². The van der Waals surface area contributed by atoms with E-state index in [1.807, 2.05) is 6.92 Å². The Hall–Kier alpha value is -3.07. The highest BCUT2D eigenvalue weighted by Gasteiger charge is 2.31. The van der Waals surface area contributed by atoms with Gasteiger partial charge in [-0.15, -0.1) is 0 Å². The van der Waals surface area contributed by atoms with E-state index in [-0.39, 0.29) is 13.0 Å². The molecule has 1 amide bonds. The van der Waals surface area contributed by atoms with Gasteiger partial charge in [0.05, 0.1) is 30.7 Å². The quantitative estimate of drug-likeness (QED) is 0.559. The highest BCUT2D eigenvalue weighted by molar-refractivity contribution is 7.92. The number of ether oxygens (including phenoxy) is 2. The normalized spacial score (nSPS) is 12.0. The van der Waals surface area contributed by atoms with E-state index in [1.54, 1.807) is 50.2 Å². The zero-order chi connectivity index (χ0) is 23.0. The van der Waals surface area contributed by atoms with E-state index in [0.717, 1.165) is 10.6 Å². The van der Waals surface area contributed by atoms with Crippen molar-refractivity contribution in [2.75, 3.05) is 29.1 Å². The lowest BCUT2D eigenvalue weighted by molar-refractivity contribution is -0.117. The van der Waals surface area contributed by atoms with Crippen LogP contribution >= 0.6 is 0 Å². The van der Waals surface area contributed by atoms with Gasteiger partial charge in [0.25, 0.3) is 0 Å². The molecule has 2 aromatic carbocycles. The first-order valence-electron chi connectivity index (χ1n) is 10.0. The number of amides is 1. The molecule has 2 rings (SSSR count). The van der Waals surface area contributed by atoms with Gasteiger partial charge in [-0.2, -0.15) is 0 Å². The molecule has 0 unspecified atom stereocenters. The number of anilines is 2. The second kappa shape index (κ2) is 10.8. The van der Waals surface area contributed by atoms with Gasteiger partial charge in [0.1, 0.15) is 11.8 Å². The Labute approximate surface area is 183 Å². The Balaban J connectivity index is 2.25. The predicted molar refractivity (Wildman–Crippen MR) is 120 cm³/mol. The molecule has 0 aliphatic rings. The topological polar surface area (TPSA) is 102 Å². The second-order valence-electron chi connectivity index (χ2n) is 6.70. The lowest BCUT2D eigenvalue weighted by Gasteiger charge is -2.30. The maximum absolute atomic E-state index is 13.0. The van der Waals surface area contributed by atoms with E-state index in [0.29, 0.717) is 29.3 Å². The van der Waals surface area contributed by atoms with Gasteiger partial charge in [0, 0.05) is 5.69 Å². The number of rotatable bonds is 10. The van der Waals surface area contributed by atoms with Crippen molar-refractivity contribution < 1.29 is 27.5 Å². The Morgan fingerprint density at radius 1 is 0.968 bits per heavy atom. The highest BCUT2D eigenvalue weighted by Crippen LogP contribution is 2.26. The van der Waals surface area contributed by atoms with E-state index in [1.165, 1.54) is 12.1 Å². The molecule has 2 aromatic rings. The summed E-state index contributed by atoms with van der Waals surface area (Å²) in [6.07, 6.45) is 1.32. The number of carbonyl (C=O) groups excluding carboxylic acids is 2. The molecule has 168 valence electrons. The highest BCUT2D eigenvalue weighted by atomic mass is 32.2. The van der Waals surface area contributed by atoms with Crippen molar-refractivity contribution >= 4 is 33.3 Å². The van der Waals surface area contributed by atoms with Gasteiger partial charge >= 0.3 is 5.97 Å². The van der Waals surface area contributed by atoms with E-state index < -0.39 is 27.9 Å². The van der Waals surface area contributed by atoms with Gasteiger partial charge < -0.3 is 14.8 Å². The Morgan fingerprint density at radius 3 is 2.06 bits per heavy atom. The van der Waals surface area contributed by atoms with Crippen LogP contribution in [-0.4, -0.2) is 45.8 Å². The summed E-state index contributed by atoms with van der Waals surface area (Å²) >= 11 is 0. The fourth-order valence-corrected chi connectivity index (χ4v) is 4.26. The number of hydrogen-bond donors (Lipinski definition) is 1. The maximum Gasteiger partial charge on any atom is 0.338 e. The van der Waals surface area contributed by atoms with Crippen LogP contribution in [0.1, 0.15) is 37.6 Å². The van der Waals surface area contributed by atoms with Gasteiger partial charge in [-0.3, -0.25) is 9.10 Å². The summed E-state index contributed by atoms with van der Waals surface area (Å²) in [7, 11) is -3.75. The molecule has 8 nitrogen and oxygen atoms in total. The van der Waals surface area contributed by atoms with Crippen LogP contribution in [0, 0.1) is 0 Å². The standard InChI is InChI=1S/C22H28N2O6S/c1-5-20(21(25)23-17-10-8-16(9-11-17)22(26)30-7-3)24(31(4,27)28)18-12-14-19(15-13-18)29-6-2/h8-15,20H,5-7H2,1-4H3,(H,23,25)/t20-/m1/s1. The maximum atomic E-state index is 13.0. The summed E-state index contributed by atoms with van der Waals surface area (Å²) < 4.78 is 36.5. The van der Waals surface area contributed by atoms with Crippen molar-refractivity contribution in [1.82, 2.24) is 0 Å². The Morgan fingerprint density at radius 2 is 1.58 bits per heavy atom. The minimum absolute atomic E-state index is 0.257. The Kier molecular flexibility index (Phi) is 8.44. The number of hydrogen-bond acceptors (Lipinski definition) is 6. The van der Waals surface area contributed by atoms with Crippen LogP contribution in [0.5, 0.6) is 5.75 Å². The average Bonchev–Trinajstić information content (AvgIpc) is 2.72. The molecule has 0 aliphatic heterocycles. The van der Waals surface area contributed by atoms with Gasteiger partial charge in [-0.1, -0.05) is 6.92 Å². The molecule has 0 bridgehead atoms. The molecule has 0 heterocycles. The summed E-state index contributed by atoms with van der Waals surface area (Å²) in [6, 6.07) is 11.8. The van der Waals surface area contributed by atoms with Crippen molar-refractivity contribution in [2.45, 2.75) is 33.2 Å². The summed E-state index contributed by atoms with van der Waals surface area (Å²) in [6.45, 7) is 6.07. The number of nitrogens with zero attached hydrogens (tertiary/aromatic N) is 1. The molecular formula is C22H28N2O6S. The van der Waals surface area contributed by atoms with Crippen LogP contribution in [0.25, 0.3) is 0 Å². The molecule has 0 aromatic heterocycles. The molecule has 1 N–H and O–H groups in total. The number of carbonyl (C=O) groups is 2. The molecule has 0 spiro atoms. The number of benzene rings is 2.